The number of esters is 1. The zero-order chi connectivity index (χ0) is 19.1. The molecule has 8 heteroatoms. The average Bonchev–Trinajstić information content (AvgIpc) is 3.08. The molecule has 1 amide bonds. The highest BCUT2D eigenvalue weighted by Gasteiger charge is 2.21. The van der Waals surface area contributed by atoms with Crippen molar-refractivity contribution in [3.8, 4) is 0 Å². The lowest BCUT2D eigenvalue weighted by Gasteiger charge is -2.22. The highest BCUT2D eigenvalue weighted by Crippen LogP contribution is 2.24. The average molecular weight is 415 g/mol. The lowest BCUT2D eigenvalue weighted by Crippen LogP contribution is -2.31. The number of aromatic nitrogens is 1. The van der Waals surface area contributed by atoms with Crippen LogP contribution in [0.15, 0.2) is 23.6 Å². The summed E-state index contributed by atoms with van der Waals surface area (Å²) >= 11 is 13.4. The number of rotatable bonds is 8. The first-order valence-corrected chi connectivity index (χ1v) is 9.86. The summed E-state index contributed by atoms with van der Waals surface area (Å²) in [6.45, 7) is 2.99. The molecule has 0 spiro atoms. The first kappa shape index (κ1) is 20.7. The third kappa shape index (κ3) is 5.43. The molecule has 0 fully saturated rings. The molecule has 140 valence electrons. The molecule has 0 atom stereocenters. The molecule has 0 bridgehead atoms. The zero-order valence-electron chi connectivity index (χ0n) is 14.6. The highest BCUT2D eigenvalue weighted by molar-refractivity contribution is 7.09. The Morgan fingerprint density at radius 1 is 1.27 bits per heavy atom. The number of halogens is 2. The maximum Gasteiger partial charge on any atom is 0.357 e. The third-order valence-corrected chi connectivity index (χ3v) is 5.13. The number of carbonyl (C=O) groups excluding carboxylic acids is 2. The summed E-state index contributed by atoms with van der Waals surface area (Å²) in [7, 11) is 1.31. The Balaban J connectivity index is 2.20. The number of hydrogen-bond donors (Lipinski definition) is 0. The van der Waals surface area contributed by atoms with Crippen LogP contribution in [0.1, 0.15) is 52.0 Å². The number of ether oxygens (including phenoxy) is 1. The molecule has 26 heavy (non-hydrogen) atoms. The Morgan fingerprint density at radius 2 is 2.04 bits per heavy atom. The van der Waals surface area contributed by atoms with Gasteiger partial charge in [-0.2, -0.15) is 0 Å². The molecule has 1 aromatic heterocycles. The zero-order valence-corrected chi connectivity index (χ0v) is 17.0. The van der Waals surface area contributed by atoms with Gasteiger partial charge in [0, 0.05) is 16.9 Å². The smallest absolute Gasteiger partial charge is 0.357 e. The van der Waals surface area contributed by atoms with Gasteiger partial charge in [-0.05, 0) is 24.6 Å². The number of thiazole rings is 1. The summed E-state index contributed by atoms with van der Waals surface area (Å²) in [6, 6.07) is 4.82. The van der Waals surface area contributed by atoms with Crippen LogP contribution in [0.3, 0.4) is 0 Å². The van der Waals surface area contributed by atoms with Crippen molar-refractivity contribution in [2.45, 2.75) is 32.7 Å². The molecule has 0 saturated heterocycles. The summed E-state index contributed by atoms with van der Waals surface area (Å²) < 4.78 is 4.67. The minimum absolute atomic E-state index is 0.183. The van der Waals surface area contributed by atoms with Crippen LogP contribution in [-0.2, 0) is 11.3 Å². The SMILES string of the molecule is CCCCCN(Cc1nc(C(=O)OC)cs1)C(=O)c1ccc(Cl)cc1Cl. The van der Waals surface area contributed by atoms with E-state index >= 15 is 0 Å². The van der Waals surface area contributed by atoms with Gasteiger partial charge in [-0.1, -0.05) is 43.0 Å². The fourth-order valence-corrected chi connectivity index (χ4v) is 3.65. The van der Waals surface area contributed by atoms with Crippen molar-refractivity contribution < 1.29 is 14.3 Å². The van der Waals surface area contributed by atoms with Crippen LogP contribution < -0.4 is 0 Å². The van der Waals surface area contributed by atoms with Crippen LogP contribution in [0, 0.1) is 0 Å². The van der Waals surface area contributed by atoms with Crippen LogP contribution in [-0.4, -0.2) is 35.4 Å². The van der Waals surface area contributed by atoms with E-state index in [-0.39, 0.29) is 11.6 Å². The van der Waals surface area contributed by atoms with E-state index in [9.17, 15) is 9.59 Å². The number of methoxy groups -OCH3 is 1. The second kappa shape index (κ2) is 9.90. The minimum atomic E-state index is -0.489. The molecule has 2 rings (SSSR count). The van der Waals surface area contributed by atoms with E-state index in [1.54, 1.807) is 28.5 Å². The molecular formula is C18H20Cl2N2O3S. The Hall–Kier alpha value is -1.63. The second-order valence-corrected chi connectivity index (χ2v) is 7.46. The van der Waals surface area contributed by atoms with Crippen LogP contribution >= 0.6 is 34.5 Å². The number of nitrogens with zero attached hydrogens (tertiary/aromatic N) is 2. The second-order valence-electron chi connectivity index (χ2n) is 5.68. The molecule has 0 saturated carbocycles. The van der Waals surface area contributed by atoms with Gasteiger partial charge in [-0.25, -0.2) is 9.78 Å². The molecule has 5 nitrogen and oxygen atoms in total. The first-order valence-electron chi connectivity index (χ1n) is 8.23. The maximum atomic E-state index is 13.0. The molecule has 2 aromatic rings. The Labute approximate surface area is 166 Å². The first-order chi connectivity index (χ1) is 12.5. The van der Waals surface area contributed by atoms with E-state index in [4.69, 9.17) is 23.2 Å². The van der Waals surface area contributed by atoms with Gasteiger partial charge in [-0.15, -0.1) is 11.3 Å². The Bertz CT molecular complexity index is 780. The van der Waals surface area contributed by atoms with E-state index < -0.39 is 5.97 Å². The van der Waals surface area contributed by atoms with Gasteiger partial charge in [-0.3, -0.25) is 4.79 Å². The summed E-state index contributed by atoms with van der Waals surface area (Å²) in [4.78, 5) is 30.5. The molecule has 0 radical (unpaired) electrons. The van der Waals surface area contributed by atoms with Crippen molar-refractivity contribution >= 4 is 46.4 Å². The van der Waals surface area contributed by atoms with Gasteiger partial charge in [0.15, 0.2) is 5.69 Å². The van der Waals surface area contributed by atoms with Crippen molar-refractivity contribution in [1.29, 1.82) is 0 Å². The van der Waals surface area contributed by atoms with Gasteiger partial charge < -0.3 is 9.64 Å². The van der Waals surface area contributed by atoms with Gasteiger partial charge in [0.1, 0.15) is 5.01 Å². The fourth-order valence-electron chi connectivity index (χ4n) is 2.38. The number of unbranched alkanes of at least 4 members (excludes halogenated alkanes) is 2. The van der Waals surface area contributed by atoms with Crippen molar-refractivity contribution in [3.05, 3.63) is 49.9 Å². The van der Waals surface area contributed by atoms with Crippen molar-refractivity contribution in [2.24, 2.45) is 0 Å². The molecule has 0 N–H and O–H groups in total. The monoisotopic (exact) mass is 414 g/mol. The number of amides is 1. The van der Waals surface area contributed by atoms with Gasteiger partial charge in [0.2, 0.25) is 0 Å². The van der Waals surface area contributed by atoms with Crippen molar-refractivity contribution in [1.82, 2.24) is 9.88 Å². The predicted octanol–water partition coefficient (Wildman–Crippen LogP) is 5.07. The molecule has 0 aliphatic carbocycles. The predicted molar refractivity (Wildman–Crippen MR) is 104 cm³/mol. The highest BCUT2D eigenvalue weighted by atomic mass is 35.5. The van der Waals surface area contributed by atoms with Gasteiger partial charge in [0.25, 0.3) is 5.91 Å². The van der Waals surface area contributed by atoms with Crippen LogP contribution in [0.4, 0.5) is 0 Å². The lowest BCUT2D eigenvalue weighted by molar-refractivity contribution is 0.0594. The summed E-state index contributed by atoms with van der Waals surface area (Å²) in [5.41, 5.74) is 0.648. The normalized spacial score (nSPS) is 10.6. The van der Waals surface area contributed by atoms with Gasteiger partial charge >= 0.3 is 5.97 Å². The number of hydrogen-bond acceptors (Lipinski definition) is 5. The summed E-state index contributed by atoms with van der Waals surface area (Å²) in [6.07, 6.45) is 2.94. The third-order valence-electron chi connectivity index (χ3n) is 3.75. The van der Waals surface area contributed by atoms with E-state index in [1.165, 1.54) is 18.4 Å². The molecule has 0 aliphatic rings. The van der Waals surface area contributed by atoms with Crippen LogP contribution in [0.5, 0.6) is 0 Å². The molecule has 1 heterocycles. The summed E-state index contributed by atoms with van der Waals surface area (Å²) in [5.74, 6) is -0.672. The van der Waals surface area contributed by atoms with Crippen molar-refractivity contribution in [2.75, 3.05) is 13.7 Å². The quantitative estimate of drug-likeness (QED) is 0.446. The van der Waals surface area contributed by atoms with E-state index in [0.29, 0.717) is 33.7 Å². The maximum absolute atomic E-state index is 13.0. The number of carbonyl (C=O) groups is 2. The van der Waals surface area contributed by atoms with Crippen molar-refractivity contribution in [3.63, 3.8) is 0 Å². The summed E-state index contributed by atoms with van der Waals surface area (Å²) in [5, 5.41) is 3.09. The van der Waals surface area contributed by atoms with E-state index in [0.717, 1.165) is 19.3 Å². The standard InChI is InChI=1S/C18H20Cl2N2O3S/c1-3-4-5-8-22(10-16-21-15(11-26-16)18(24)25-2)17(23)13-7-6-12(19)9-14(13)20/h6-7,9,11H,3-5,8,10H2,1-2H3. The molecule has 0 aliphatic heterocycles. The molecule has 0 unspecified atom stereocenters. The fraction of sp³-hybridized carbons (Fsp3) is 0.389. The van der Waals surface area contributed by atoms with Crippen LogP contribution in [0.25, 0.3) is 0 Å². The van der Waals surface area contributed by atoms with E-state index in [1.807, 2.05) is 0 Å². The van der Waals surface area contributed by atoms with Crippen LogP contribution in [0.2, 0.25) is 10.0 Å². The minimum Gasteiger partial charge on any atom is -0.464 e. The number of benzene rings is 1. The van der Waals surface area contributed by atoms with E-state index in [2.05, 4.69) is 16.6 Å². The topological polar surface area (TPSA) is 59.5 Å². The largest absolute Gasteiger partial charge is 0.464 e. The molecule has 1 aromatic carbocycles. The molecular weight excluding hydrogens is 395 g/mol. The Morgan fingerprint density at radius 3 is 2.69 bits per heavy atom. The van der Waals surface area contributed by atoms with Gasteiger partial charge in [0.05, 0.1) is 24.2 Å². The Kier molecular flexibility index (Phi) is 7.87. The lowest BCUT2D eigenvalue weighted by atomic mass is 10.1.